The van der Waals surface area contributed by atoms with Crippen LogP contribution < -0.4 is 94.1 Å². The number of nitrogens with two attached hydrogens (primary N) is 9. The number of amides is 10. The number of likely N-dealkylation sites (tertiary alicyclic amines) is 1. The normalized spacial score (nSPS) is 16.3. The van der Waals surface area contributed by atoms with E-state index in [0.29, 0.717) is 63.6 Å². The van der Waals surface area contributed by atoms with Crippen molar-refractivity contribution in [3.63, 3.8) is 0 Å². The molecule has 3 rings (SSSR count). The summed E-state index contributed by atoms with van der Waals surface area (Å²) in [5.41, 5.74) is 51.7. The molecular formula is C58H98N22O11S. The molecule has 512 valence electrons. The number of nitrogens with zero attached hydrogens (tertiary/aromatic N) is 4. The number of primary amides is 2. The van der Waals surface area contributed by atoms with Gasteiger partial charge in [-0.15, -0.1) is 0 Å². The number of hydrogen-bond acceptors (Lipinski definition) is 18. The van der Waals surface area contributed by atoms with Gasteiger partial charge in [-0.25, -0.2) is 4.98 Å². The molecule has 28 N–H and O–H groups in total. The Morgan fingerprint density at radius 2 is 1.13 bits per heavy atom. The molecule has 0 aliphatic carbocycles. The molecule has 0 saturated carbocycles. The third-order valence-corrected chi connectivity index (χ3v) is 15.7. The molecule has 10 amide bonds. The number of thiocarbonyl (C=S) groups is 1. The van der Waals surface area contributed by atoms with Gasteiger partial charge in [-0.3, -0.25) is 57.9 Å². The highest BCUT2D eigenvalue weighted by atomic mass is 32.1. The lowest BCUT2D eigenvalue weighted by atomic mass is 9.96. The van der Waals surface area contributed by atoms with Crippen LogP contribution in [0.2, 0.25) is 0 Å². The van der Waals surface area contributed by atoms with Crippen LogP contribution in [-0.4, -0.2) is 195 Å². The summed E-state index contributed by atoms with van der Waals surface area (Å²) < 4.78 is 0. The van der Waals surface area contributed by atoms with Crippen molar-refractivity contribution in [1.29, 1.82) is 0 Å². The number of carbonyl (C=O) groups excluding carboxylic acids is 10. The zero-order valence-corrected chi connectivity index (χ0v) is 53.6. The SMILES string of the molecule is CC[C@H](C)[C@H](NC(=O)[C@H](Cc1cnc[nH]1)NC(=O)[C@H](CCCCN)NC(=O)[C@H](CC(N)=O)NC(=O)[C@@H](N)CCCN=C(N)N)C(=O)N[C@@H](CCCN=C(N)N)C(=O)N[C@H](C(=O)N1CCC[C@H]1C(=S)N[C@@H](Cc1ccccc1)C(=O)N[C@@H](CCCCN)C(N)=O)[C@@H](C)O. The van der Waals surface area contributed by atoms with Crippen LogP contribution in [0.4, 0.5) is 0 Å². The first kappa shape index (κ1) is 77.6. The minimum atomic E-state index is -1.61. The minimum absolute atomic E-state index is 0.00692. The Balaban J connectivity index is 1.93. The predicted octanol–water partition coefficient (Wildman–Crippen LogP) is -5.65. The fourth-order valence-electron chi connectivity index (χ4n) is 9.96. The molecule has 34 heteroatoms. The van der Waals surface area contributed by atoms with Crippen molar-refractivity contribution < 1.29 is 53.1 Å². The van der Waals surface area contributed by atoms with Gasteiger partial charge in [0.15, 0.2) is 11.9 Å². The fourth-order valence-corrected chi connectivity index (χ4v) is 10.4. The van der Waals surface area contributed by atoms with Crippen molar-refractivity contribution in [2.45, 2.75) is 190 Å². The van der Waals surface area contributed by atoms with Crippen molar-refractivity contribution in [2.75, 3.05) is 32.7 Å². The number of H-pyrrole nitrogens is 1. The summed E-state index contributed by atoms with van der Waals surface area (Å²) in [5, 5.41) is 32.8. The van der Waals surface area contributed by atoms with Gasteiger partial charge in [0.05, 0.1) is 35.9 Å². The predicted molar refractivity (Wildman–Crippen MR) is 348 cm³/mol. The van der Waals surface area contributed by atoms with Crippen LogP contribution >= 0.6 is 12.2 Å². The highest BCUT2D eigenvalue weighted by molar-refractivity contribution is 7.80. The molecule has 0 spiro atoms. The maximum Gasteiger partial charge on any atom is 0.248 e. The van der Waals surface area contributed by atoms with Crippen LogP contribution in [-0.2, 0) is 60.8 Å². The first-order valence-electron chi connectivity index (χ1n) is 31.0. The molecule has 33 nitrogen and oxygen atoms in total. The topological polar surface area (TPSA) is 578 Å². The number of aliphatic hydroxyl groups excluding tert-OH is 1. The molecule has 1 saturated heterocycles. The Labute approximate surface area is 541 Å². The van der Waals surface area contributed by atoms with E-state index in [1.165, 1.54) is 24.3 Å². The molecule has 2 aromatic rings. The van der Waals surface area contributed by atoms with E-state index < -0.39 is 138 Å². The summed E-state index contributed by atoms with van der Waals surface area (Å²) in [5.74, 6) is -9.33. The molecule has 2 heterocycles. The van der Waals surface area contributed by atoms with E-state index in [1.54, 1.807) is 26.0 Å². The van der Waals surface area contributed by atoms with Crippen LogP contribution in [0.15, 0.2) is 52.8 Å². The number of aliphatic imine (C=N–C) groups is 2. The van der Waals surface area contributed by atoms with Gasteiger partial charge in [0, 0.05) is 44.4 Å². The maximum atomic E-state index is 14.7. The zero-order chi connectivity index (χ0) is 68.5. The summed E-state index contributed by atoms with van der Waals surface area (Å²) in [4.78, 5) is 155. The van der Waals surface area contributed by atoms with Gasteiger partial charge in [-0.05, 0) is 109 Å². The highest BCUT2D eigenvalue weighted by Crippen LogP contribution is 2.22. The summed E-state index contributed by atoms with van der Waals surface area (Å²) in [6, 6.07) is -3.86. The number of unbranched alkanes of at least 4 members (excludes halogenated alkanes) is 2. The Bertz CT molecular complexity index is 2790. The highest BCUT2D eigenvalue weighted by Gasteiger charge is 2.41. The van der Waals surface area contributed by atoms with Crippen LogP contribution in [0.25, 0.3) is 0 Å². The molecule has 1 aliphatic heterocycles. The third-order valence-electron chi connectivity index (χ3n) is 15.3. The van der Waals surface area contributed by atoms with Crippen molar-refractivity contribution in [2.24, 2.45) is 67.5 Å². The molecule has 0 bridgehead atoms. The van der Waals surface area contributed by atoms with E-state index in [0.717, 1.165) is 5.56 Å². The Morgan fingerprint density at radius 3 is 1.68 bits per heavy atom. The summed E-state index contributed by atoms with van der Waals surface area (Å²) in [6.07, 6.45) is 3.98. The first-order chi connectivity index (χ1) is 43.7. The van der Waals surface area contributed by atoms with Crippen molar-refractivity contribution in [3.05, 3.63) is 54.1 Å². The summed E-state index contributed by atoms with van der Waals surface area (Å²) in [7, 11) is 0. The monoisotopic (exact) mass is 1310 g/mol. The number of rotatable bonds is 43. The number of carbonyl (C=O) groups is 10. The van der Waals surface area contributed by atoms with Gasteiger partial charge in [0.2, 0.25) is 59.1 Å². The van der Waals surface area contributed by atoms with Gasteiger partial charge in [0.25, 0.3) is 0 Å². The largest absolute Gasteiger partial charge is 0.391 e. The van der Waals surface area contributed by atoms with Gasteiger partial charge in [0.1, 0.15) is 48.3 Å². The summed E-state index contributed by atoms with van der Waals surface area (Å²) in [6.45, 7) is 5.63. The maximum absolute atomic E-state index is 14.7. The van der Waals surface area contributed by atoms with E-state index in [9.17, 15) is 53.1 Å². The number of guanidine groups is 2. The number of hydrogen-bond donors (Lipinski definition) is 19. The number of benzene rings is 1. The standard InChI is InChI=1S/C58H98N22O11S/c1-4-32(2)45(78-53(89)41(28-35-30-68-31-71-35)76-49(85)38(19-9-11-23-60)73-52(88)42(29-44(62)82)75-48(84)36(61)17-12-24-69-57(64)65)54(90)74-39(20-13-25-70-58(66)67)50(86)79-46(33(3)81)56(91)80-26-14-21-43(80)55(92)77-40(27-34-15-6-5-7-16-34)51(87)72-37(47(63)83)18-8-10-22-59/h5-7,15-16,30-33,36-43,45-46,81H,4,8-14,17-29,59-61H2,1-3H3,(H2,62,82)(H2,63,83)(H,68,71)(H,72,87)(H,73,88)(H,74,90)(H,75,84)(H,76,85)(H,77,92)(H,78,89)(H,79,86)(H4,64,65,69)(H4,66,67,70)/t32-,33+,36-,37-,38-,39-,40-,41-,42-,43-,45-,46-/m0/s1. The van der Waals surface area contributed by atoms with Crippen LogP contribution in [0.1, 0.15) is 122 Å². The van der Waals surface area contributed by atoms with E-state index in [1.807, 2.05) is 18.2 Å². The van der Waals surface area contributed by atoms with E-state index in [4.69, 9.17) is 63.8 Å². The molecule has 92 heavy (non-hydrogen) atoms. The first-order valence-corrected chi connectivity index (χ1v) is 31.4. The molecule has 1 aromatic heterocycles. The van der Waals surface area contributed by atoms with E-state index in [-0.39, 0.29) is 88.0 Å². The van der Waals surface area contributed by atoms with E-state index >= 15 is 0 Å². The minimum Gasteiger partial charge on any atom is -0.391 e. The zero-order valence-electron chi connectivity index (χ0n) is 52.7. The lowest BCUT2D eigenvalue weighted by molar-refractivity contribution is -0.140. The van der Waals surface area contributed by atoms with Gasteiger partial charge < -0.3 is 109 Å². The summed E-state index contributed by atoms with van der Waals surface area (Å²) >= 11 is 5.90. The van der Waals surface area contributed by atoms with Gasteiger partial charge in [-0.1, -0.05) is 62.8 Å². The Hall–Kier alpha value is -8.60. The number of aliphatic hydroxyl groups is 1. The fraction of sp³-hybridized carbons (Fsp3) is 0.621. The van der Waals surface area contributed by atoms with Crippen LogP contribution in [0.3, 0.4) is 0 Å². The lowest BCUT2D eigenvalue weighted by Gasteiger charge is -2.33. The number of imidazole rings is 1. The quantitative estimate of drug-likeness (QED) is 0.0127. The Morgan fingerprint density at radius 1 is 0.630 bits per heavy atom. The van der Waals surface area contributed by atoms with Crippen LogP contribution in [0, 0.1) is 5.92 Å². The second-order valence-electron chi connectivity index (χ2n) is 22.8. The van der Waals surface area contributed by atoms with Crippen molar-refractivity contribution in [3.8, 4) is 0 Å². The molecule has 1 fully saturated rings. The molecule has 1 aliphatic rings. The molecular weight excluding hydrogens is 1210 g/mol. The second-order valence-corrected chi connectivity index (χ2v) is 23.2. The molecule has 1 aromatic carbocycles. The average molecular weight is 1310 g/mol. The smallest absolute Gasteiger partial charge is 0.248 e. The van der Waals surface area contributed by atoms with Gasteiger partial charge >= 0.3 is 0 Å². The van der Waals surface area contributed by atoms with Gasteiger partial charge in [-0.2, -0.15) is 0 Å². The van der Waals surface area contributed by atoms with Crippen molar-refractivity contribution >= 4 is 88.2 Å². The Kier molecular flexibility index (Phi) is 34.6. The average Bonchev–Trinajstić information content (AvgIpc) is 1.85. The molecule has 0 unspecified atom stereocenters. The third kappa shape index (κ3) is 27.5. The number of aromatic nitrogens is 2. The van der Waals surface area contributed by atoms with Crippen LogP contribution in [0.5, 0.6) is 0 Å². The van der Waals surface area contributed by atoms with E-state index in [2.05, 4.69) is 62.5 Å². The van der Waals surface area contributed by atoms with Crippen molar-refractivity contribution in [1.82, 2.24) is 57.4 Å². The lowest BCUT2D eigenvalue weighted by Crippen LogP contribution is -2.62. The molecule has 12 atom stereocenters. The second kappa shape index (κ2) is 41.0. The molecule has 0 radical (unpaired) electrons. The number of aromatic amines is 1. The number of nitrogens with one attached hydrogen (secondary N) is 9.